The van der Waals surface area contributed by atoms with E-state index >= 15 is 0 Å². The summed E-state index contributed by atoms with van der Waals surface area (Å²) in [6.07, 6.45) is 7.50. The van der Waals surface area contributed by atoms with Crippen LogP contribution in [-0.4, -0.2) is 24.1 Å². The molecule has 0 aromatic carbocycles. The lowest BCUT2D eigenvalue weighted by molar-refractivity contribution is 0.465. The lowest BCUT2D eigenvalue weighted by Gasteiger charge is -2.36. The highest BCUT2D eigenvalue weighted by molar-refractivity contribution is 5.46. The number of rotatable bonds is 2. The van der Waals surface area contributed by atoms with Crippen LogP contribution >= 0.6 is 0 Å². The highest BCUT2D eigenvalue weighted by atomic mass is 15.2. The minimum absolute atomic E-state index is 0.520. The summed E-state index contributed by atoms with van der Waals surface area (Å²) in [5, 5.41) is 0. The Morgan fingerprint density at radius 1 is 1.36 bits per heavy atom. The van der Waals surface area contributed by atoms with Crippen molar-refractivity contribution in [3.8, 4) is 0 Å². The van der Waals surface area contributed by atoms with E-state index in [1.54, 1.807) is 0 Å². The van der Waals surface area contributed by atoms with Gasteiger partial charge in [0.1, 0.15) is 0 Å². The van der Waals surface area contributed by atoms with E-state index in [4.69, 9.17) is 5.73 Å². The van der Waals surface area contributed by atoms with Crippen LogP contribution in [0.4, 0.5) is 5.69 Å². The molecule has 3 nitrogen and oxygen atoms in total. The molecule has 3 heteroatoms. The smallest absolute Gasteiger partial charge is 0.0412 e. The van der Waals surface area contributed by atoms with E-state index in [0.717, 1.165) is 13.1 Å². The summed E-state index contributed by atoms with van der Waals surface area (Å²) in [7, 11) is 0. The maximum atomic E-state index is 5.77. The van der Waals surface area contributed by atoms with Crippen LogP contribution in [0.3, 0.4) is 0 Å². The molecule has 1 unspecified atom stereocenters. The third-order valence-electron chi connectivity index (χ3n) is 2.89. The standard InChI is InChI=1S/C11H17N3/c12-9-11-3-1-2-8-14(11)10-4-6-13-7-5-10/h4-7,11H,1-3,8-9,12H2. The second-order valence-corrected chi connectivity index (χ2v) is 3.78. The maximum Gasteiger partial charge on any atom is 0.0412 e. The van der Waals surface area contributed by atoms with Crippen molar-refractivity contribution >= 4 is 5.69 Å². The van der Waals surface area contributed by atoms with Gasteiger partial charge in [-0.15, -0.1) is 0 Å². The second kappa shape index (κ2) is 4.42. The molecule has 1 aliphatic rings. The molecule has 0 radical (unpaired) electrons. The first-order valence-electron chi connectivity index (χ1n) is 5.28. The van der Waals surface area contributed by atoms with Gasteiger partial charge < -0.3 is 10.6 Å². The molecule has 0 amide bonds. The van der Waals surface area contributed by atoms with Crippen LogP contribution in [0.15, 0.2) is 24.5 Å². The van der Waals surface area contributed by atoms with Crippen molar-refractivity contribution in [2.75, 3.05) is 18.0 Å². The van der Waals surface area contributed by atoms with Crippen LogP contribution in [0, 0.1) is 0 Å². The van der Waals surface area contributed by atoms with Gasteiger partial charge in [-0.3, -0.25) is 4.98 Å². The maximum absolute atomic E-state index is 5.77. The van der Waals surface area contributed by atoms with E-state index in [1.165, 1.54) is 24.9 Å². The zero-order valence-electron chi connectivity index (χ0n) is 8.39. The predicted octanol–water partition coefficient (Wildman–Crippen LogP) is 1.40. The number of hydrogen-bond donors (Lipinski definition) is 1. The molecule has 1 aromatic heterocycles. The zero-order valence-corrected chi connectivity index (χ0v) is 8.39. The fourth-order valence-corrected chi connectivity index (χ4v) is 2.12. The highest BCUT2D eigenvalue weighted by Crippen LogP contribution is 2.23. The summed E-state index contributed by atoms with van der Waals surface area (Å²) in [4.78, 5) is 6.44. The summed E-state index contributed by atoms with van der Waals surface area (Å²) in [6.45, 7) is 1.88. The van der Waals surface area contributed by atoms with Crippen molar-refractivity contribution in [2.45, 2.75) is 25.3 Å². The molecule has 0 bridgehead atoms. The molecule has 0 aliphatic carbocycles. The van der Waals surface area contributed by atoms with Crippen molar-refractivity contribution < 1.29 is 0 Å². The minimum Gasteiger partial charge on any atom is -0.367 e. The van der Waals surface area contributed by atoms with Gasteiger partial charge in [-0.25, -0.2) is 0 Å². The average Bonchev–Trinajstić information content (AvgIpc) is 2.30. The molecular weight excluding hydrogens is 174 g/mol. The van der Waals surface area contributed by atoms with Gasteiger partial charge in [-0.2, -0.15) is 0 Å². The summed E-state index contributed by atoms with van der Waals surface area (Å²) in [6, 6.07) is 4.65. The van der Waals surface area contributed by atoms with Gasteiger partial charge in [0, 0.05) is 37.2 Å². The Labute approximate surface area is 84.9 Å². The van der Waals surface area contributed by atoms with E-state index in [-0.39, 0.29) is 0 Å². The first-order valence-corrected chi connectivity index (χ1v) is 5.28. The first-order chi connectivity index (χ1) is 6.92. The van der Waals surface area contributed by atoms with E-state index in [2.05, 4.69) is 22.0 Å². The fourth-order valence-electron chi connectivity index (χ4n) is 2.12. The zero-order chi connectivity index (χ0) is 9.80. The average molecular weight is 191 g/mol. The highest BCUT2D eigenvalue weighted by Gasteiger charge is 2.20. The van der Waals surface area contributed by atoms with Crippen molar-refractivity contribution in [3.05, 3.63) is 24.5 Å². The summed E-state index contributed by atoms with van der Waals surface area (Å²) in [5.74, 6) is 0. The van der Waals surface area contributed by atoms with Crippen LogP contribution in [0.25, 0.3) is 0 Å². The Morgan fingerprint density at radius 2 is 2.14 bits per heavy atom. The Hall–Kier alpha value is -1.09. The summed E-state index contributed by atoms with van der Waals surface area (Å²) < 4.78 is 0. The molecule has 14 heavy (non-hydrogen) atoms. The van der Waals surface area contributed by atoms with Crippen LogP contribution < -0.4 is 10.6 Å². The molecular formula is C11H17N3. The number of nitrogens with two attached hydrogens (primary N) is 1. The number of pyridine rings is 1. The van der Waals surface area contributed by atoms with Crippen LogP contribution in [0.1, 0.15) is 19.3 Å². The molecule has 76 valence electrons. The van der Waals surface area contributed by atoms with Crippen molar-refractivity contribution in [1.29, 1.82) is 0 Å². The quantitative estimate of drug-likeness (QED) is 0.768. The SMILES string of the molecule is NCC1CCCCN1c1ccncc1. The van der Waals surface area contributed by atoms with Crippen LogP contribution in [-0.2, 0) is 0 Å². The van der Waals surface area contributed by atoms with Crippen molar-refractivity contribution in [3.63, 3.8) is 0 Å². The monoisotopic (exact) mass is 191 g/mol. The van der Waals surface area contributed by atoms with Gasteiger partial charge in [-0.1, -0.05) is 0 Å². The van der Waals surface area contributed by atoms with Gasteiger partial charge in [0.15, 0.2) is 0 Å². The molecule has 2 N–H and O–H groups in total. The molecule has 1 aromatic rings. The van der Waals surface area contributed by atoms with E-state index in [1.807, 2.05) is 12.4 Å². The Kier molecular flexibility index (Phi) is 2.99. The summed E-state index contributed by atoms with van der Waals surface area (Å²) >= 11 is 0. The topological polar surface area (TPSA) is 42.1 Å². The number of piperidine rings is 1. The molecule has 0 saturated carbocycles. The van der Waals surface area contributed by atoms with Gasteiger partial charge >= 0.3 is 0 Å². The van der Waals surface area contributed by atoms with Crippen LogP contribution in [0.5, 0.6) is 0 Å². The molecule has 2 rings (SSSR count). The van der Waals surface area contributed by atoms with Gasteiger partial charge in [0.2, 0.25) is 0 Å². The molecule has 0 spiro atoms. The van der Waals surface area contributed by atoms with Gasteiger partial charge in [-0.05, 0) is 31.4 Å². The molecule has 1 atom stereocenters. The lowest BCUT2D eigenvalue weighted by Crippen LogP contribution is -2.44. The molecule has 1 saturated heterocycles. The Bertz CT molecular complexity index is 273. The molecule has 2 heterocycles. The number of aromatic nitrogens is 1. The number of anilines is 1. The minimum atomic E-state index is 0.520. The fraction of sp³-hybridized carbons (Fsp3) is 0.545. The Morgan fingerprint density at radius 3 is 2.86 bits per heavy atom. The van der Waals surface area contributed by atoms with E-state index in [9.17, 15) is 0 Å². The molecule has 1 fully saturated rings. The summed E-state index contributed by atoms with van der Waals surface area (Å²) in [5.41, 5.74) is 7.03. The third-order valence-corrected chi connectivity index (χ3v) is 2.89. The second-order valence-electron chi connectivity index (χ2n) is 3.78. The van der Waals surface area contributed by atoms with E-state index < -0.39 is 0 Å². The normalized spacial score (nSPS) is 22.4. The lowest BCUT2D eigenvalue weighted by atomic mass is 10.0. The van der Waals surface area contributed by atoms with Crippen molar-refractivity contribution in [1.82, 2.24) is 4.98 Å². The first kappa shape index (κ1) is 9.46. The van der Waals surface area contributed by atoms with Gasteiger partial charge in [0.05, 0.1) is 0 Å². The number of nitrogens with zero attached hydrogens (tertiary/aromatic N) is 2. The largest absolute Gasteiger partial charge is 0.367 e. The van der Waals surface area contributed by atoms with Gasteiger partial charge in [0.25, 0.3) is 0 Å². The Balaban J connectivity index is 2.15. The number of hydrogen-bond acceptors (Lipinski definition) is 3. The van der Waals surface area contributed by atoms with Crippen molar-refractivity contribution in [2.24, 2.45) is 5.73 Å². The molecule has 1 aliphatic heterocycles. The van der Waals surface area contributed by atoms with E-state index in [0.29, 0.717) is 6.04 Å². The third kappa shape index (κ3) is 1.87. The predicted molar refractivity (Wildman–Crippen MR) is 58.3 cm³/mol. The van der Waals surface area contributed by atoms with Crippen LogP contribution in [0.2, 0.25) is 0 Å².